The first-order chi connectivity index (χ1) is 13.4. The summed E-state index contributed by atoms with van der Waals surface area (Å²) in [7, 11) is 3.00. The lowest BCUT2D eigenvalue weighted by Crippen LogP contribution is -2.30. The zero-order valence-electron chi connectivity index (χ0n) is 16.1. The Morgan fingerprint density at radius 3 is 2.25 bits per heavy atom. The Morgan fingerprint density at radius 2 is 1.61 bits per heavy atom. The maximum Gasteiger partial charge on any atom is 0.307 e. The summed E-state index contributed by atoms with van der Waals surface area (Å²) in [6, 6.07) is 13.6. The molecule has 0 unspecified atom stereocenters. The Kier molecular flexibility index (Phi) is 7.56. The van der Waals surface area contributed by atoms with Crippen LogP contribution in [0.25, 0.3) is 0 Å². The monoisotopic (exact) mass is 385 g/mol. The molecule has 1 N–H and O–H groups in total. The lowest BCUT2D eigenvalue weighted by Gasteiger charge is -2.15. The molecule has 0 saturated heterocycles. The fourth-order valence-corrected chi connectivity index (χ4v) is 2.45. The second kappa shape index (κ2) is 10.1. The molecular formula is C21H23NO6. The van der Waals surface area contributed by atoms with Crippen LogP contribution in [0.15, 0.2) is 48.5 Å². The Bertz CT molecular complexity index is 834. The minimum absolute atomic E-state index is 0.0207. The highest BCUT2D eigenvalue weighted by atomic mass is 16.5. The van der Waals surface area contributed by atoms with Gasteiger partial charge in [0.05, 0.1) is 20.6 Å². The molecule has 148 valence electrons. The second-order valence-electron chi connectivity index (χ2n) is 5.98. The first-order valence-electron chi connectivity index (χ1n) is 8.75. The molecule has 28 heavy (non-hydrogen) atoms. The molecule has 7 nitrogen and oxygen atoms in total. The van der Waals surface area contributed by atoms with Crippen molar-refractivity contribution in [3.8, 4) is 11.5 Å². The predicted octanol–water partition coefficient (Wildman–Crippen LogP) is 3.24. The third-order valence-electron chi connectivity index (χ3n) is 3.98. The minimum Gasteiger partial charge on any atom is -0.493 e. The van der Waals surface area contributed by atoms with Crippen LogP contribution < -0.4 is 14.8 Å². The second-order valence-corrected chi connectivity index (χ2v) is 5.98. The van der Waals surface area contributed by atoms with Crippen LogP contribution in [0.3, 0.4) is 0 Å². The van der Waals surface area contributed by atoms with Gasteiger partial charge in [-0.15, -0.1) is 0 Å². The molecule has 0 heterocycles. The number of ketones is 1. The van der Waals surface area contributed by atoms with E-state index in [4.69, 9.17) is 14.2 Å². The number of ether oxygens (including phenoxy) is 3. The van der Waals surface area contributed by atoms with E-state index in [1.165, 1.54) is 21.1 Å². The molecule has 2 rings (SSSR count). The van der Waals surface area contributed by atoms with Crippen LogP contribution in [0.2, 0.25) is 0 Å². The third kappa shape index (κ3) is 5.84. The first kappa shape index (κ1) is 21.0. The number of amides is 1. The van der Waals surface area contributed by atoms with Gasteiger partial charge in [0, 0.05) is 23.7 Å². The number of carbonyl (C=O) groups is 3. The van der Waals surface area contributed by atoms with Crippen LogP contribution in [-0.4, -0.2) is 38.0 Å². The van der Waals surface area contributed by atoms with Crippen molar-refractivity contribution in [2.75, 3.05) is 19.5 Å². The molecular weight excluding hydrogens is 362 g/mol. The number of hydrogen-bond acceptors (Lipinski definition) is 6. The van der Waals surface area contributed by atoms with E-state index >= 15 is 0 Å². The van der Waals surface area contributed by atoms with Gasteiger partial charge in [-0.1, -0.05) is 30.3 Å². The highest BCUT2D eigenvalue weighted by Crippen LogP contribution is 2.29. The largest absolute Gasteiger partial charge is 0.493 e. The van der Waals surface area contributed by atoms with Gasteiger partial charge >= 0.3 is 5.97 Å². The number of benzene rings is 2. The number of rotatable bonds is 9. The summed E-state index contributed by atoms with van der Waals surface area (Å²) in [6.07, 6.45) is -1.08. The number of carbonyl (C=O) groups excluding carboxylic acids is 3. The van der Waals surface area contributed by atoms with E-state index in [1.54, 1.807) is 42.5 Å². The molecule has 0 fully saturated rings. The highest BCUT2D eigenvalue weighted by molar-refractivity contribution is 5.98. The van der Waals surface area contributed by atoms with Crippen molar-refractivity contribution in [1.82, 2.24) is 0 Å². The maximum absolute atomic E-state index is 12.2. The Labute approximate surface area is 163 Å². The normalized spacial score (nSPS) is 11.2. The molecule has 0 spiro atoms. The average Bonchev–Trinajstić information content (AvgIpc) is 2.72. The molecule has 0 aliphatic rings. The van der Waals surface area contributed by atoms with Crippen molar-refractivity contribution < 1.29 is 28.6 Å². The van der Waals surface area contributed by atoms with Crippen molar-refractivity contribution in [1.29, 1.82) is 0 Å². The van der Waals surface area contributed by atoms with Crippen LogP contribution in [0.5, 0.6) is 11.5 Å². The van der Waals surface area contributed by atoms with Crippen molar-refractivity contribution in [2.45, 2.75) is 25.9 Å². The number of hydrogen-bond donors (Lipinski definition) is 1. The summed E-state index contributed by atoms with van der Waals surface area (Å²) >= 11 is 0. The highest BCUT2D eigenvalue weighted by Gasteiger charge is 2.19. The van der Waals surface area contributed by atoms with Gasteiger partial charge in [-0.05, 0) is 19.1 Å². The summed E-state index contributed by atoms with van der Waals surface area (Å²) in [5, 5.41) is 2.65. The summed E-state index contributed by atoms with van der Waals surface area (Å²) in [5.41, 5.74) is 1.01. The lowest BCUT2D eigenvalue weighted by molar-refractivity contribution is -0.153. The van der Waals surface area contributed by atoms with E-state index in [0.29, 0.717) is 22.7 Å². The van der Waals surface area contributed by atoms with Gasteiger partial charge < -0.3 is 19.5 Å². The number of anilines is 1. The number of esters is 1. The van der Waals surface area contributed by atoms with Gasteiger partial charge in [0.15, 0.2) is 23.4 Å². The van der Waals surface area contributed by atoms with Crippen molar-refractivity contribution in [3.05, 3.63) is 54.1 Å². The smallest absolute Gasteiger partial charge is 0.307 e. The van der Waals surface area contributed by atoms with Gasteiger partial charge in [-0.2, -0.15) is 0 Å². The van der Waals surface area contributed by atoms with Crippen LogP contribution >= 0.6 is 0 Å². The van der Waals surface area contributed by atoms with E-state index < -0.39 is 18.0 Å². The molecule has 2 aromatic carbocycles. The van der Waals surface area contributed by atoms with Crippen molar-refractivity contribution in [2.24, 2.45) is 0 Å². The fourth-order valence-electron chi connectivity index (χ4n) is 2.45. The van der Waals surface area contributed by atoms with Gasteiger partial charge in [-0.25, -0.2) is 0 Å². The lowest BCUT2D eigenvalue weighted by atomic mass is 10.1. The van der Waals surface area contributed by atoms with Gasteiger partial charge in [-0.3, -0.25) is 14.4 Å². The Hall–Kier alpha value is -3.35. The molecule has 0 saturated carbocycles. The number of Topliss-reactive ketones (excluding diaryl/α,β-unsaturated/α-hetero) is 1. The average molecular weight is 385 g/mol. The van der Waals surface area contributed by atoms with E-state index in [1.807, 2.05) is 6.07 Å². The van der Waals surface area contributed by atoms with Crippen LogP contribution in [0.4, 0.5) is 5.69 Å². The predicted molar refractivity (Wildman–Crippen MR) is 104 cm³/mol. The van der Waals surface area contributed by atoms with E-state index in [9.17, 15) is 14.4 Å². The zero-order chi connectivity index (χ0) is 20.5. The van der Waals surface area contributed by atoms with Crippen LogP contribution in [0, 0.1) is 0 Å². The summed E-state index contributed by atoms with van der Waals surface area (Å²) in [6.45, 7) is 1.47. The summed E-state index contributed by atoms with van der Waals surface area (Å²) in [4.78, 5) is 36.2. The first-order valence-corrected chi connectivity index (χ1v) is 8.75. The van der Waals surface area contributed by atoms with Gasteiger partial charge in [0.1, 0.15) is 0 Å². The fraction of sp³-hybridized carbons (Fsp3) is 0.286. The zero-order valence-corrected chi connectivity index (χ0v) is 16.1. The van der Waals surface area contributed by atoms with E-state index in [-0.39, 0.29) is 18.6 Å². The SMILES string of the molecule is COc1ccc(NC(=O)[C@@H](C)OC(=O)CCC(=O)c2ccccc2)cc1OC. The molecule has 0 radical (unpaired) electrons. The summed E-state index contributed by atoms with van der Waals surface area (Å²) < 4.78 is 15.4. The Balaban J connectivity index is 1.84. The molecule has 7 heteroatoms. The molecule has 0 aliphatic carbocycles. The molecule has 2 aromatic rings. The topological polar surface area (TPSA) is 90.9 Å². The number of nitrogens with one attached hydrogen (secondary N) is 1. The molecule has 0 aliphatic heterocycles. The third-order valence-corrected chi connectivity index (χ3v) is 3.98. The minimum atomic E-state index is -1.01. The molecule has 0 bridgehead atoms. The van der Waals surface area contributed by atoms with E-state index in [2.05, 4.69) is 5.32 Å². The number of methoxy groups -OCH3 is 2. The maximum atomic E-state index is 12.2. The quantitative estimate of drug-likeness (QED) is 0.526. The Morgan fingerprint density at radius 1 is 0.929 bits per heavy atom. The van der Waals surface area contributed by atoms with Crippen molar-refractivity contribution in [3.63, 3.8) is 0 Å². The standard InChI is InChI=1S/C21H23NO6/c1-14(21(25)22-16-9-11-18(26-2)19(13-16)27-3)28-20(24)12-10-17(23)15-7-5-4-6-8-15/h4-9,11,13-14H,10,12H2,1-3H3,(H,22,25)/t14-/m1/s1. The molecule has 0 aromatic heterocycles. The van der Waals surface area contributed by atoms with Crippen LogP contribution in [0.1, 0.15) is 30.1 Å². The van der Waals surface area contributed by atoms with Gasteiger partial charge in [0.2, 0.25) is 0 Å². The summed E-state index contributed by atoms with van der Waals surface area (Å²) in [5.74, 6) is -0.262. The van der Waals surface area contributed by atoms with Gasteiger partial charge in [0.25, 0.3) is 5.91 Å². The molecule has 1 atom stereocenters. The van der Waals surface area contributed by atoms with Crippen molar-refractivity contribution >= 4 is 23.3 Å². The molecule has 1 amide bonds. The van der Waals surface area contributed by atoms with E-state index in [0.717, 1.165) is 0 Å². The van der Waals surface area contributed by atoms with Crippen LogP contribution in [-0.2, 0) is 14.3 Å².